The van der Waals surface area contributed by atoms with Crippen molar-refractivity contribution in [2.24, 2.45) is 0 Å². The lowest BCUT2D eigenvalue weighted by Gasteiger charge is -2.01. The van der Waals surface area contributed by atoms with Crippen LogP contribution in [-0.2, 0) is 19.4 Å². The number of nitro groups is 1. The summed E-state index contributed by atoms with van der Waals surface area (Å²) < 4.78 is 1.70. The Kier molecular flexibility index (Phi) is 4.14. The van der Waals surface area contributed by atoms with E-state index in [2.05, 4.69) is 17.7 Å². The topological polar surface area (TPSA) is 61.0 Å². The molecule has 1 rings (SSSR count). The summed E-state index contributed by atoms with van der Waals surface area (Å²) in [7, 11) is 0. The second-order valence-electron chi connectivity index (χ2n) is 3.15. The van der Waals surface area contributed by atoms with Crippen LogP contribution in [0.15, 0.2) is 0 Å². The molecule has 0 aliphatic heterocycles. The van der Waals surface area contributed by atoms with Crippen LogP contribution >= 0.6 is 12.6 Å². The van der Waals surface area contributed by atoms with Gasteiger partial charge in [-0.05, 0) is 12.8 Å². The van der Waals surface area contributed by atoms with Gasteiger partial charge in [0, 0.05) is 5.75 Å². The predicted molar refractivity (Wildman–Crippen MR) is 61.5 cm³/mol. The molecule has 84 valence electrons. The maximum Gasteiger partial charge on any atom is 0.313 e. The lowest BCUT2D eigenvalue weighted by atomic mass is 10.2. The maximum atomic E-state index is 10.9. The molecule has 6 heteroatoms. The Morgan fingerprint density at radius 3 is 2.53 bits per heavy atom. The van der Waals surface area contributed by atoms with E-state index in [0.717, 1.165) is 0 Å². The van der Waals surface area contributed by atoms with Crippen LogP contribution in [0.3, 0.4) is 0 Å². The Balaban J connectivity index is 3.25. The van der Waals surface area contributed by atoms with Gasteiger partial charge >= 0.3 is 5.69 Å². The zero-order valence-corrected chi connectivity index (χ0v) is 9.83. The predicted octanol–water partition coefficient (Wildman–Crippen LogP) is 1.85. The third-order valence-corrected chi connectivity index (χ3v) is 2.46. The number of hydrogen-bond donors (Lipinski definition) is 1. The van der Waals surface area contributed by atoms with Crippen molar-refractivity contribution >= 4 is 18.3 Å². The first kappa shape index (κ1) is 12.0. The van der Waals surface area contributed by atoms with Crippen LogP contribution in [0.4, 0.5) is 5.69 Å². The molecule has 15 heavy (non-hydrogen) atoms. The van der Waals surface area contributed by atoms with Gasteiger partial charge in [-0.3, -0.25) is 14.8 Å². The Morgan fingerprint density at radius 1 is 1.47 bits per heavy atom. The molecule has 0 aromatic carbocycles. The molecule has 0 radical (unpaired) electrons. The van der Waals surface area contributed by atoms with E-state index in [-0.39, 0.29) is 10.6 Å². The molecule has 0 unspecified atom stereocenters. The number of aromatic nitrogens is 2. The third-order valence-electron chi connectivity index (χ3n) is 2.26. The quantitative estimate of drug-likeness (QED) is 0.476. The minimum absolute atomic E-state index is 0.182. The number of nitrogens with zero attached hydrogens (tertiary/aromatic N) is 3. The Hall–Kier alpha value is -1.04. The van der Waals surface area contributed by atoms with Crippen molar-refractivity contribution in [2.75, 3.05) is 5.75 Å². The highest BCUT2D eigenvalue weighted by Gasteiger charge is 2.24. The Bertz CT molecular complexity index is 362. The summed E-state index contributed by atoms with van der Waals surface area (Å²) in [6, 6.07) is 0. The molecule has 5 nitrogen and oxygen atoms in total. The van der Waals surface area contributed by atoms with Crippen molar-refractivity contribution in [1.29, 1.82) is 0 Å². The molecule has 0 N–H and O–H groups in total. The molecule has 0 saturated carbocycles. The van der Waals surface area contributed by atoms with E-state index < -0.39 is 0 Å². The van der Waals surface area contributed by atoms with Gasteiger partial charge in [0.1, 0.15) is 11.4 Å². The number of hydrogen-bond acceptors (Lipinski definition) is 4. The summed E-state index contributed by atoms with van der Waals surface area (Å²) >= 11 is 4.11. The molecule has 0 aliphatic rings. The maximum absolute atomic E-state index is 10.9. The number of aryl methyl sites for hydroxylation is 2. The van der Waals surface area contributed by atoms with E-state index >= 15 is 0 Å². The molecule has 1 aromatic heterocycles. The second kappa shape index (κ2) is 5.16. The number of thiol groups is 1. The first-order valence-electron chi connectivity index (χ1n) is 4.99. The zero-order valence-electron chi connectivity index (χ0n) is 8.93. The van der Waals surface area contributed by atoms with Gasteiger partial charge in [-0.2, -0.15) is 17.7 Å². The molecule has 0 aliphatic carbocycles. The van der Waals surface area contributed by atoms with E-state index in [0.29, 0.717) is 36.5 Å². The minimum atomic E-state index is -0.334. The second-order valence-corrected chi connectivity index (χ2v) is 3.60. The first-order valence-corrected chi connectivity index (χ1v) is 5.62. The van der Waals surface area contributed by atoms with Gasteiger partial charge in [-0.25, -0.2) is 0 Å². The summed E-state index contributed by atoms with van der Waals surface area (Å²) in [5.41, 5.74) is 1.45. The summed E-state index contributed by atoms with van der Waals surface area (Å²) in [4.78, 5) is 10.6. The lowest BCUT2D eigenvalue weighted by molar-refractivity contribution is -0.386. The largest absolute Gasteiger partial charge is 0.313 e. The fourth-order valence-corrected chi connectivity index (χ4v) is 1.81. The average Bonchev–Trinajstić information content (AvgIpc) is 2.56. The van der Waals surface area contributed by atoms with E-state index in [1.54, 1.807) is 4.68 Å². The summed E-state index contributed by atoms with van der Waals surface area (Å²) in [5.74, 6) is 0.634. The van der Waals surface area contributed by atoms with Gasteiger partial charge in [-0.15, -0.1) is 0 Å². The van der Waals surface area contributed by atoms with Gasteiger partial charge in [-0.1, -0.05) is 13.8 Å². The Morgan fingerprint density at radius 2 is 2.13 bits per heavy atom. The molecule has 0 fully saturated rings. The Labute approximate surface area is 94.0 Å². The smallest absolute Gasteiger partial charge is 0.261 e. The number of rotatable bonds is 5. The van der Waals surface area contributed by atoms with Crippen molar-refractivity contribution in [2.45, 2.75) is 33.2 Å². The highest BCUT2D eigenvalue weighted by molar-refractivity contribution is 7.80. The summed E-state index contributed by atoms with van der Waals surface area (Å²) in [6.45, 7) is 4.39. The van der Waals surface area contributed by atoms with E-state index in [1.807, 2.05) is 13.8 Å². The molecule has 0 amide bonds. The van der Waals surface area contributed by atoms with Crippen molar-refractivity contribution in [3.05, 3.63) is 21.5 Å². The van der Waals surface area contributed by atoms with Crippen LogP contribution in [0.25, 0.3) is 0 Å². The summed E-state index contributed by atoms with van der Waals surface area (Å²) in [6.07, 6.45) is 1.21. The van der Waals surface area contributed by atoms with E-state index in [4.69, 9.17) is 0 Å². The third kappa shape index (κ3) is 2.31. The molecular formula is C9H15N3O2S. The van der Waals surface area contributed by atoms with Crippen molar-refractivity contribution in [3.63, 3.8) is 0 Å². The fourth-order valence-electron chi connectivity index (χ4n) is 1.62. The van der Waals surface area contributed by atoms with Gasteiger partial charge in [0.15, 0.2) is 0 Å². The van der Waals surface area contributed by atoms with Crippen LogP contribution < -0.4 is 0 Å². The molecule has 0 atom stereocenters. The van der Waals surface area contributed by atoms with Crippen molar-refractivity contribution in [3.8, 4) is 0 Å². The van der Waals surface area contributed by atoms with Crippen LogP contribution in [0.2, 0.25) is 0 Å². The van der Waals surface area contributed by atoms with E-state index in [9.17, 15) is 10.1 Å². The standard InChI is InChI=1S/C9H15N3O2S/c1-3-7-9(12(13)14)8(4-2)11(10-7)5-6-15/h15H,3-6H2,1-2H3. The molecule has 0 spiro atoms. The van der Waals surface area contributed by atoms with Crippen LogP contribution in [-0.4, -0.2) is 20.5 Å². The average molecular weight is 229 g/mol. The van der Waals surface area contributed by atoms with Gasteiger partial charge in [0.2, 0.25) is 0 Å². The molecule has 1 heterocycles. The van der Waals surface area contributed by atoms with Crippen LogP contribution in [0.5, 0.6) is 0 Å². The minimum Gasteiger partial charge on any atom is -0.261 e. The monoisotopic (exact) mass is 229 g/mol. The van der Waals surface area contributed by atoms with Crippen LogP contribution in [0, 0.1) is 10.1 Å². The highest BCUT2D eigenvalue weighted by Crippen LogP contribution is 2.24. The molecule has 0 saturated heterocycles. The molecular weight excluding hydrogens is 214 g/mol. The van der Waals surface area contributed by atoms with Crippen molar-refractivity contribution in [1.82, 2.24) is 9.78 Å². The first-order chi connectivity index (χ1) is 7.15. The fraction of sp³-hybridized carbons (Fsp3) is 0.667. The van der Waals surface area contributed by atoms with E-state index in [1.165, 1.54) is 0 Å². The van der Waals surface area contributed by atoms with Gasteiger partial charge in [0.05, 0.1) is 11.5 Å². The van der Waals surface area contributed by atoms with Crippen molar-refractivity contribution < 1.29 is 4.92 Å². The van der Waals surface area contributed by atoms with Crippen LogP contribution in [0.1, 0.15) is 25.2 Å². The normalized spacial score (nSPS) is 10.6. The molecule has 1 aromatic rings. The lowest BCUT2D eigenvalue weighted by Crippen LogP contribution is -2.06. The summed E-state index contributed by atoms with van der Waals surface area (Å²) in [5, 5.41) is 15.1. The highest BCUT2D eigenvalue weighted by atomic mass is 32.1. The van der Waals surface area contributed by atoms with Gasteiger partial charge in [0.25, 0.3) is 0 Å². The van der Waals surface area contributed by atoms with Gasteiger partial charge < -0.3 is 0 Å². The SMILES string of the molecule is CCc1nn(CCS)c(CC)c1[N+](=O)[O-]. The zero-order chi connectivity index (χ0) is 11.4. The molecule has 0 bridgehead atoms.